The van der Waals surface area contributed by atoms with Gasteiger partial charge in [0.05, 0.1) is 0 Å². The molecule has 5 heteroatoms. The van der Waals surface area contributed by atoms with Crippen molar-refractivity contribution in [3.63, 3.8) is 0 Å². The molecule has 0 radical (unpaired) electrons. The second-order valence-corrected chi connectivity index (χ2v) is 5.33. The van der Waals surface area contributed by atoms with Crippen molar-refractivity contribution in [3.8, 4) is 11.5 Å². The summed E-state index contributed by atoms with van der Waals surface area (Å²) < 4.78 is 12.2. The summed E-state index contributed by atoms with van der Waals surface area (Å²) in [4.78, 5) is 0. The predicted octanol–water partition coefficient (Wildman–Crippen LogP) is 3.60. The molecule has 102 valence electrons. The molecule has 4 nitrogen and oxygen atoms in total. The Hall–Kier alpha value is -2.01. The lowest BCUT2D eigenvalue weighted by molar-refractivity contribution is 0.302. The molecule has 0 fully saturated rings. The number of hydrogen-bond acceptors (Lipinski definition) is 4. The fourth-order valence-electron chi connectivity index (χ4n) is 2.05. The minimum Gasteiger partial charge on any atom is -0.489 e. The van der Waals surface area contributed by atoms with E-state index in [0.29, 0.717) is 24.7 Å². The quantitative estimate of drug-likeness (QED) is 0.689. The van der Waals surface area contributed by atoms with Gasteiger partial charge < -0.3 is 14.7 Å². The van der Waals surface area contributed by atoms with Gasteiger partial charge in [-0.1, -0.05) is 33.2 Å². The van der Waals surface area contributed by atoms with E-state index in [9.17, 15) is 0 Å². The lowest BCUT2D eigenvalue weighted by atomic mass is 10.1. The molecule has 0 atom stereocenters. The standard InChI is InChI=1S/C15H12BrNO3/c16-11-3-1-2-10(6-11)8-19-12-4-5-13-14(17-18)9-20-15(13)7-12/h1-7,18H,8-9H2. The molecule has 0 saturated carbocycles. The number of benzene rings is 2. The fraction of sp³-hybridized carbons (Fsp3) is 0.133. The van der Waals surface area contributed by atoms with Gasteiger partial charge in [-0.15, -0.1) is 0 Å². The van der Waals surface area contributed by atoms with Crippen molar-refractivity contribution < 1.29 is 14.7 Å². The van der Waals surface area contributed by atoms with Crippen LogP contribution in [0.5, 0.6) is 11.5 Å². The van der Waals surface area contributed by atoms with Crippen molar-refractivity contribution in [3.05, 3.63) is 58.1 Å². The summed E-state index contributed by atoms with van der Waals surface area (Å²) in [6.07, 6.45) is 0. The summed E-state index contributed by atoms with van der Waals surface area (Å²) in [6, 6.07) is 13.5. The highest BCUT2D eigenvalue weighted by Gasteiger charge is 2.20. The van der Waals surface area contributed by atoms with Crippen molar-refractivity contribution in [2.75, 3.05) is 6.61 Å². The maximum absolute atomic E-state index is 8.83. The number of nitrogens with zero attached hydrogens (tertiary/aromatic N) is 1. The molecule has 0 aliphatic carbocycles. The van der Waals surface area contributed by atoms with E-state index in [-0.39, 0.29) is 0 Å². The highest BCUT2D eigenvalue weighted by Crippen LogP contribution is 2.30. The van der Waals surface area contributed by atoms with Gasteiger partial charge in [0.25, 0.3) is 0 Å². The number of ether oxygens (including phenoxy) is 2. The third-order valence-electron chi connectivity index (χ3n) is 3.04. The number of hydrogen-bond donors (Lipinski definition) is 1. The van der Waals surface area contributed by atoms with Crippen molar-refractivity contribution >= 4 is 21.6 Å². The summed E-state index contributed by atoms with van der Waals surface area (Å²) >= 11 is 3.43. The minimum atomic E-state index is 0.293. The number of oxime groups is 1. The second-order valence-electron chi connectivity index (χ2n) is 4.41. The largest absolute Gasteiger partial charge is 0.489 e. The Morgan fingerprint density at radius 1 is 1.25 bits per heavy atom. The SMILES string of the molecule is ON=C1COc2cc(OCc3cccc(Br)c3)ccc21. The number of rotatable bonds is 3. The van der Waals surface area contributed by atoms with Gasteiger partial charge in [-0.3, -0.25) is 0 Å². The highest BCUT2D eigenvalue weighted by atomic mass is 79.9. The van der Waals surface area contributed by atoms with E-state index in [4.69, 9.17) is 14.7 Å². The Morgan fingerprint density at radius 3 is 2.95 bits per heavy atom. The van der Waals surface area contributed by atoms with Gasteiger partial charge in [0.15, 0.2) is 0 Å². The van der Waals surface area contributed by atoms with Gasteiger partial charge in [-0.2, -0.15) is 0 Å². The van der Waals surface area contributed by atoms with Crippen LogP contribution in [0.4, 0.5) is 0 Å². The lowest BCUT2D eigenvalue weighted by Gasteiger charge is -2.08. The van der Waals surface area contributed by atoms with Gasteiger partial charge in [0, 0.05) is 16.1 Å². The first-order valence-corrected chi connectivity index (χ1v) is 6.91. The zero-order valence-corrected chi connectivity index (χ0v) is 12.1. The average molecular weight is 334 g/mol. The van der Waals surface area contributed by atoms with Gasteiger partial charge >= 0.3 is 0 Å². The van der Waals surface area contributed by atoms with Crippen LogP contribution >= 0.6 is 15.9 Å². The van der Waals surface area contributed by atoms with Crippen LogP contribution in [0.1, 0.15) is 11.1 Å². The second kappa shape index (κ2) is 5.54. The minimum absolute atomic E-state index is 0.293. The molecule has 1 aliphatic rings. The third kappa shape index (κ3) is 2.63. The maximum atomic E-state index is 8.83. The van der Waals surface area contributed by atoms with Crippen LogP contribution < -0.4 is 9.47 Å². The summed E-state index contributed by atoms with van der Waals surface area (Å²) in [7, 11) is 0. The molecule has 1 heterocycles. The molecule has 0 bridgehead atoms. The Labute approximate surface area is 124 Å². The van der Waals surface area contributed by atoms with E-state index >= 15 is 0 Å². The molecule has 0 aromatic heterocycles. The topological polar surface area (TPSA) is 51.1 Å². The first kappa shape index (κ1) is 13.0. The van der Waals surface area contributed by atoms with Gasteiger partial charge in [0.1, 0.15) is 30.4 Å². The van der Waals surface area contributed by atoms with Crippen molar-refractivity contribution in [1.29, 1.82) is 0 Å². The summed E-state index contributed by atoms with van der Waals surface area (Å²) in [5, 5.41) is 12.0. The van der Waals surface area contributed by atoms with E-state index in [0.717, 1.165) is 21.3 Å². The van der Waals surface area contributed by atoms with E-state index < -0.39 is 0 Å². The third-order valence-corrected chi connectivity index (χ3v) is 3.54. The molecule has 0 unspecified atom stereocenters. The van der Waals surface area contributed by atoms with Crippen LogP contribution in [0.3, 0.4) is 0 Å². The fourth-order valence-corrected chi connectivity index (χ4v) is 2.50. The van der Waals surface area contributed by atoms with Gasteiger partial charge in [0.2, 0.25) is 0 Å². The van der Waals surface area contributed by atoms with Gasteiger partial charge in [-0.25, -0.2) is 0 Å². The Bertz CT molecular complexity index is 670. The lowest BCUT2D eigenvalue weighted by Crippen LogP contribution is -2.01. The molecule has 1 aliphatic heterocycles. The highest BCUT2D eigenvalue weighted by molar-refractivity contribution is 9.10. The molecule has 2 aromatic rings. The number of fused-ring (bicyclic) bond motifs is 1. The van der Waals surface area contributed by atoms with Crippen LogP contribution in [0.15, 0.2) is 52.1 Å². The first-order valence-electron chi connectivity index (χ1n) is 6.11. The molecule has 0 saturated heterocycles. The Kier molecular flexibility index (Phi) is 3.60. The normalized spacial score (nSPS) is 14.9. The molecule has 20 heavy (non-hydrogen) atoms. The smallest absolute Gasteiger partial charge is 0.134 e. The van der Waals surface area contributed by atoms with E-state index in [2.05, 4.69) is 21.1 Å². The van der Waals surface area contributed by atoms with Crippen LogP contribution in [-0.4, -0.2) is 17.5 Å². The summed E-state index contributed by atoms with van der Waals surface area (Å²) in [5.74, 6) is 1.41. The van der Waals surface area contributed by atoms with Crippen molar-refractivity contribution in [1.82, 2.24) is 0 Å². The maximum Gasteiger partial charge on any atom is 0.134 e. The zero-order valence-electron chi connectivity index (χ0n) is 10.5. The van der Waals surface area contributed by atoms with Gasteiger partial charge in [-0.05, 0) is 29.8 Å². The van der Waals surface area contributed by atoms with Crippen molar-refractivity contribution in [2.45, 2.75) is 6.61 Å². The first-order chi connectivity index (χ1) is 9.76. The molecule has 3 rings (SSSR count). The Morgan fingerprint density at radius 2 is 2.15 bits per heavy atom. The van der Waals surface area contributed by atoms with Crippen molar-refractivity contribution in [2.24, 2.45) is 5.16 Å². The molecular weight excluding hydrogens is 322 g/mol. The van der Waals surface area contributed by atoms with Crippen LogP contribution in [0, 0.1) is 0 Å². The molecule has 0 amide bonds. The Balaban J connectivity index is 1.73. The molecule has 1 N–H and O–H groups in total. The van der Waals surface area contributed by atoms with Crippen LogP contribution in [-0.2, 0) is 6.61 Å². The molecule has 0 spiro atoms. The van der Waals surface area contributed by atoms with Crippen LogP contribution in [0.2, 0.25) is 0 Å². The predicted molar refractivity (Wildman–Crippen MR) is 78.7 cm³/mol. The average Bonchev–Trinajstić information content (AvgIpc) is 2.87. The van der Waals surface area contributed by atoms with E-state index in [1.165, 1.54) is 0 Å². The number of halogens is 1. The summed E-state index contributed by atoms with van der Waals surface area (Å²) in [6.45, 7) is 0.778. The zero-order chi connectivity index (χ0) is 13.9. The van der Waals surface area contributed by atoms with Crippen LogP contribution in [0.25, 0.3) is 0 Å². The molecule has 2 aromatic carbocycles. The molecular formula is C15H12BrNO3. The van der Waals surface area contributed by atoms with E-state index in [1.807, 2.05) is 42.5 Å². The van der Waals surface area contributed by atoms with E-state index in [1.54, 1.807) is 0 Å². The monoisotopic (exact) mass is 333 g/mol. The summed E-state index contributed by atoms with van der Waals surface area (Å²) in [5.41, 5.74) is 2.43.